The standard InChI is InChI=1S/C24H20ClN3O2/c25-21-9-5-6-18(13-21)14-28-15-23(26-17-28)27-24(29)20-8-4-7-19(12-20)16-30-22-10-2-1-3-11-22/h1-13,15,17H,14,16H2,(H,27,29). The maximum absolute atomic E-state index is 12.6. The van der Waals surface area contributed by atoms with Crippen molar-refractivity contribution in [2.45, 2.75) is 13.2 Å². The average Bonchev–Trinajstić information content (AvgIpc) is 3.20. The highest BCUT2D eigenvalue weighted by Gasteiger charge is 2.09. The van der Waals surface area contributed by atoms with Gasteiger partial charge in [-0.25, -0.2) is 4.98 Å². The largest absolute Gasteiger partial charge is 0.489 e. The van der Waals surface area contributed by atoms with Crippen LogP contribution in [0.15, 0.2) is 91.4 Å². The van der Waals surface area contributed by atoms with E-state index >= 15 is 0 Å². The molecule has 1 N–H and O–H groups in total. The van der Waals surface area contributed by atoms with Crippen molar-refractivity contribution in [3.8, 4) is 5.75 Å². The zero-order valence-corrected chi connectivity index (χ0v) is 16.9. The molecule has 0 atom stereocenters. The van der Waals surface area contributed by atoms with Gasteiger partial charge in [-0.2, -0.15) is 0 Å². The van der Waals surface area contributed by atoms with Crippen molar-refractivity contribution in [2.75, 3.05) is 5.32 Å². The molecule has 0 saturated heterocycles. The molecule has 0 aliphatic carbocycles. The minimum Gasteiger partial charge on any atom is -0.489 e. The first-order chi connectivity index (χ1) is 14.7. The molecule has 6 heteroatoms. The van der Waals surface area contributed by atoms with Crippen LogP contribution < -0.4 is 10.1 Å². The highest BCUT2D eigenvalue weighted by atomic mass is 35.5. The Balaban J connectivity index is 1.37. The molecule has 150 valence electrons. The number of nitrogens with one attached hydrogen (secondary N) is 1. The van der Waals surface area contributed by atoms with Crippen LogP contribution in [0, 0.1) is 0 Å². The fourth-order valence-electron chi connectivity index (χ4n) is 3.03. The van der Waals surface area contributed by atoms with E-state index in [4.69, 9.17) is 16.3 Å². The fraction of sp³-hybridized carbons (Fsp3) is 0.0833. The molecule has 0 fully saturated rings. The lowest BCUT2D eigenvalue weighted by atomic mass is 10.1. The highest BCUT2D eigenvalue weighted by Crippen LogP contribution is 2.15. The summed E-state index contributed by atoms with van der Waals surface area (Å²) >= 11 is 6.03. The molecule has 5 nitrogen and oxygen atoms in total. The lowest BCUT2D eigenvalue weighted by molar-refractivity contribution is 0.102. The summed E-state index contributed by atoms with van der Waals surface area (Å²) in [6.07, 6.45) is 3.47. The van der Waals surface area contributed by atoms with Crippen LogP contribution >= 0.6 is 11.6 Å². The first-order valence-electron chi connectivity index (χ1n) is 9.50. The van der Waals surface area contributed by atoms with Crippen LogP contribution in [0.1, 0.15) is 21.5 Å². The van der Waals surface area contributed by atoms with E-state index in [0.29, 0.717) is 29.6 Å². The number of amides is 1. The highest BCUT2D eigenvalue weighted by molar-refractivity contribution is 6.30. The summed E-state index contributed by atoms with van der Waals surface area (Å²) in [5.74, 6) is 1.06. The van der Waals surface area contributed by atoms with Gasteiger partial charge in [-0.3, -0.25) is 4.79 Å². The molecule has 4 aromatic rings. The van der Waals surface area contributed by atoms with Crippen LogP contribution in [0.3, 0.4) is 0 Å². The lowest BCUT2D eigenvalue weighted by Gasteiger charge is -2.08. The van der Waals surface area contributed by atoms with Crippen LogP contribution in [-0.4, -0.2) is 15.5 Å². The summed E-state index contributed by atoms with van der Waals surface area (Å²) in [5.41, 5.74) is 2.52. The maximum atomic E-state index is 12.6. The Morgan fingerprint density at radius 2 is 1.77 bits per heavy atom. The van der Waals surface area contributed by atoms with Crippen molar-refractivity contribution in [1.82, 2.24) is 9.55 Å². The molecule has 0 unspecified atom stereocenters. The fourth-order valence-corrected chi connectivity index (χ4v) is 3.24. The van der Waals surface area contributed by atoms with Gasteiger partial charge in [0, 0.05) is 23.3 Å². The molecule has 30 heavy (non-hydrogen) atoms. The van der Waals surface area contributed by atoms with E-state index in [2.05, 4.69) is 10.3 Å². The topological polar surface area (TPSA) is 56.2 Å². The molecular weight excluding hydrogens is 398 g/mol. The summed E-state index contributed by atoms with van der Waals surface area (Å²) in [4.78, 5) is 16.9. The predicted molar refractivity (Wildman–Crippen MR) is 118 cm³/mol. The Labute approximate surface area is 179 Å². The van der Waals surface area contributed by atoms with Crippen molar-refractivity contribution >= 4 is 23.3 Å². The lowest BCUT2D eigenvalue weighted by Crippen LogP contribution is -2.12. The molecule has 0 radical (unpaired) electrons. The molecule has 0 aliphatic rings. The summed E-state index contributed by atoms with van der Waals surface area (Å²) in [5, 5.41) is 3.53. The molecule has 3 aromatic carbocycles. The number of ether oxygens (including phenoxy) is 1. The molecule has 0 bridgehead atoms. The quantitative estimate of drug-likeness (QED) is 0.437. The average molecular weight is 418 g/mol. The van der Waals surface area contributed by atoms with E-state index < -0.39 is 0 Å². The van der Waals surface area contributed by atoms with E-state index in [0.717, 1.165) is 16.9 Å². The van der Waals surface area contributed by atoms with Gasteiger partial charge in [0.25, 0.3) is 5.91 Å². The first kappa shape index (κ1) is 19.7. The van der Waals surface area contributed by atoms with Gasteiger partial charge in [0.05, 0.1) is 6.33 Å². The number of imidazole rings is 1. The molecule has 4 rings (SSSR count). The summed E-state index contributed by atoms with van der Waals surface area (Å²) < 4.78 is 7.65. The van der Waals surface area contributed by atoms with Crippen molar-refractivity contribution in [3.05, 3.63) is 113 Å². The van der Waals surface area contributed by atoms with Crippen molar-refractivity contribution in [1.29, 1.82) is 0 Å². The van der Waals surface area contributed by atoms with Gasteiger partial charge < -0.3 is 14.6 Å². The molecule has 0 spiro atoms. The zero-order chi connectivity index (χ0) is 20.8. The van der Waals surface area contributed by atoms with E-state index in [1.807, 2.05) is 77.4 Å². The van der Waals surface area contributed by atoms with E-state index in [9.17, 15) is 4.79 Å². The minimum absolute atomic E-state index is 0.218. The number of rotatable bonds is 7. The number of carbonyl (C=O) groups excluding carboxylic acids is 1. The number of para-hydroxylation sites is 1. The molecule has 0 aliphatic heterocycles. The van der Waals surface area contributed by atoms with Gasteiger partial charge in [0.15, 0.2) is 5.82 Å². The normalized spacial score (nSPS) is 10.6. The molecule has 0 saturated carbocycles. The Kier molecular flexibility index (Phi) is 6.11. The number of halogens is 1. The van der Waals surface area contributed by atoms with Crippen LogP contribution in [-0.2, 0) is 13.2 Å². The Hall–Kier alpha value is -3.57. The number of carbonyl (C=O) groups is 1. The first-order valence-corrected chi connectivity index (χ1v) is 9.88. The number of hydrogen-bond acceptors (Lipinski definition) is 3. The maximum Gasteiger partial charge on any atom is 0.256 e. The second-order valence-corrected chi connectivity index (χ2v) is 7.25. The SMILES string of the molecule is O=C(Nc1cn(Cc2cccc(Cl)c2)cn1)c1cccc(COc2ccccc2)c1. The predicted octanol–water partition coefficient (Wildman–Crippen LogP) is 5.42. The van der Waals surface area contributed by atoms with Gasteiger partial charge in [-0.05, 0) is 47.5 Å². The Morgan fingerprint density at radius 3 is 2.60 bits per heavy atom. The second-order valence-electron chi connectivity index (χ2n) is 6.82. The van der Waals surface area contributed by atoms with E-state index in [1.54, 1.807) is 18.6 Å². The van der Waals surface area contributed by atoms with Crippen LogP contribution in [0.4, 0.5) is 5.82 Å². The minimum atomic E-state index is -0.218. The van der Waals surface area contributed by atoms with Gasteiger partial charge in [0.2, 0.25) is 0 Å². The third kappa shape index (κ3) is 5.27. The number of aromatic nitrogens is 2. The van der Waals surface area contributed by atoms with Crippen molar-refractivity contribution < 1.29 is 9.53 Å². The van der Waals surface area contributed by atoms with Gasteiger partial charge in [0.1, 0.15) is 12.4 Å². The number of benzene rings is 3. The summed E-state index contributed by atoms with van der Waals surface area (Å²) in [6, 6.07) is 24.6. The zero-order valence-electron chi connectivity index (χ0n) is 16.2. The van der Waals surface area contributed by atoms with Gasteiger partial charge >= 0.3 is 0 Å². The van der Waals surface area contributed by atoms with E-state index in [1.165, 1.54) is 0 Å². The molecule has 1 heterocycles. The smallest absolute Gasteiger partial charge is 0.256 e. The number of anilines is 1. The van der Waals surface area contributed by atoms with Crippen LogP contribution in [0.2, 0.25) is 5.02 Å². The molecule has 1 aromatic heterocycles. The monoisotopic (exact) mass is 417 g/mol. The van der Waals surface area contributed by atoms with Gasteiger partial charge in [-0.15, -0.1) is 0 Å². The van der Waals surface area contributed by atoms with Crippen molar-refractivity contribution in [3.63, 3.8) is 0 Å². The third-order valence-electron chi connectivity index (χ3n) is 4.47. The summed E-state index contributed by atoms with van der Waals surface area (Å²) in [6.45, 7) is 1.01. The summed E-state index contributed by atoms with van der Waals surface area (Å²) in [7, 11) is 0. The third-order valence-corrected chi connectivity index (χ3v) is 4.70. The molecule has 1 amide bonds. The van der Waals surface area contributed by atoms with Crippen LogP contribution in [0.5, 0.6) is 5.75 Å². The van der Waals surface area contributed by atoms with Crippen LogP contribution in [0.25, 0.3) is 0 Å². The Morgan fingerprint density at radius 1 is 0.967 bits per heavy atom. The van der Waals surface area contributed by atoms with E-state index in [-0.39, 0.29) is 5.91 Å². The van der Waals surface area contributed by atoms with Crippen molar-refractivity contribution in [2.24, 2.45) is 0 Å². The van der Waals surface area contributed by atoms with Gasteiger partial charge in [-0.1, -0.05) is 54.1 Å². The number of hydrogen-bond donors (Lipinski definition) is 1. The number of nitrogens with zero attached hydrogens (tertiary/aromatic N) is 2. The second kappa shape index (κ2) is 9.29. The Bertz CT molecular complexity index is 1140. The molecular formula is C24H20ClN3O2.